The lowest BCUT2D eigenvalue weighted by Gasteiger charge is -1.99. The zero-order valence-electron chi connectivity index (χ0n) is 8.21. The van der Waals surface area contributed by atoms with Gasteiger partial charge in [0, 0.05) is 6.20 Å². The van der Waals surface area contributed by atoms with E-state index in [1.54, 1.807) is 29.1 Å². The fourth-order valence-corrected chi connectivity index (χ4v) is 1.41. The van der Waals surface area contributed by atoms with Crippen molar-refractivity contribution in [1.82, 2.24) is 14.7 Å². The third kappa shape index (κ3) is 1.79. The number of nitriles is 1. The van der Waals surface area contributed by atoms with Crippen LogP contribution in [0.5, 0.6) is 0 Å². The molecule has 0 atom stereocenters. The van der Waals surface area contributed by atoms with Gasteiger partial charge in [0.05, 0.1) is 35.7 Å². The number of imidazole rings is 1. The van der Waals surface area contributed by atoms with Crippen LogP contribution in [0.1, 0.15) is 11.3 Å². The lowest BCUT2D eigenvalue weighted by Crippen LogP contribution is -2.20. The molecule has 16 heavy (non-hydrogen) atoms. The lowest BCUT2D eigenvalue weighted by molar-refractivity contribution is 0.194. The zero-order chi connectivity index (χ0) is 11.5. The first-order valence-electron chi connectivity index (χ1n) is 4.53. The van der Waals surface area contributed by atoms with Crippen molar-refractivity contribution in [1.29, 1.82) is 5.26 Å². The maximum absolute atomic E-state index is 10.4. The molecule has 80 valence electrons. The Labute approximate surface area is 90.8 Å². The molecule has 6 nitrogen and oxygen atoms in total. The van der Waals surface area contributed by atoms with Crippen molar-refractivity contribution < 1.29 is 9.90 Å². The van der Waals surface area contributed by atoms with Crippen molar-refractivity contribution >= 4 is 11.6 Å². The molecule has 2 heterocycles. The minimum atomic E-state index is -1.10. The molecule has 2 aromatic rings. The van der Waals surface area contributed by atoms with Crippen molar-refractivity contribution in [2.75, 3.05) is 0 Å². The molecule has 0 radical (unpaired) electrons. The van der Waals surface area contributed by atoms with E-state index in [1.807, 2.05) is 6.07 Å². The SMILES string of the molecule is N#Cc1ccn2cnc(CNC(=O)O)c2c1. The van der Waals surface area contributed by atoms with Crippen LogP contribution in [-0.2, 0) is 6.54 Å². The standard InChI is InChI=1S/C10H8N4O2/c11-4-7-1-2-14-6-13-8(9(14)3-7)5-12-10(15)16/h1-3,6,12H,5H2,(H,15,16). The van der Waals surface area contributed by atoms with Gasteiger partial charge < -0.3 is 14.8 Å². The topological polar surface area (TPSA) is 90.4 Å². The van der Waals surface area contributed by atoms with Gasteiger partial charge in [0.2, 0.25) is 0 Å². The van der Waals surface area contributed by atoms with E-state index >= 15 is 0 Å². The number of amides is 1. The first-order chi connectivity index (χ1) is 7.70. The van der Waals surface area contributed by atoms with Crippen LogP contribution in [0, 0.1) is 11.3 Å². The first kappa shape index (κ1) is 9.98. The molecule has 0 aromatic carbocycles. The number of hydrogen-bond acceptors (Lipinski definition) is 3. The molecule has 0 spiro atoms. The summed E-state index contributed by atoms with van der Waals surface area (Å²) in [6, 6.07) is 5.37. The van der Waals surface area contributed by atoms with Crippen LogP contribution >= 0.6 is 0 Å². The number of nitrogens with one attached hydrogen (secondary N) is 1. The normalized spacial score (nSPS) is 9.94. The predicted molar refractivity (Wildman–Crippen MR) is 54.8 cm³/mol. The number of pyridine rings is 1. The Bertz CT molecular complexity index is 582. The number of hydrogen-bond donors (Lipinski definition) is 2. The predicted octanol–water partition coefficient (Wildman–Crippen LogP) is 0.974. The summed E-state index contributed by atoms with van der Waals surface area (Å²) in [7, 11) is 0. The van der Waals surface area contributed by atoms with Gasteiger partial charge in [0.1, 0.15) is 0 Å². The minimum Gasteiger partial charge on any atom is -0.465 e. The van der Waals surface area contributed by atoms with Crippen LogP contribution in [0.25, 0.3) is 5.52 Å². The molecule has 0 saturated carbocycles. The van der Waals surface area contributed by atoms with Gasteiger partial charge in [-0.1, -0.05) is 0 Å². The molecule has 0 aliphatic heterocycles. The van der Waals surface area contributed by atoms with Crippen molar-refractivity contribution in [3.05, 3.63) is 35.9 Å². The molecule has 2 N–H and O–H groups in total. The maximum Gasteiger partial charge on any atom is 0.404 e. The van der Waals surface area contributed by atoms with E-state index in [1.165, 1.54) is 0 Å². The Balaban J connectivity index is 2.39. The van der Waals surface area contributed by atoms with E-state index in [4.69, 9.17) is 10.4 Å². The van der Waals surface area contributed by atoms with Gasteiger partial charge in [-0.3, -0.25) is 0 Å². The Morgan fingerprint density at radius 3 is 3.19 bits per heavy atom. The van der Waals surface area contributed by atoms with Gasteiger partial charge in [0.25, 0.3) is 0 Å². The van der Waals surface area contributed by atoms with Gasteiger partial charge in [-0.15, -0.1) is 0 Å². The summed E-state index contributed by atoms with van der Waals surface area (Å²) in [6.45, 7) is 0.126. The Kier molecular flexibility index (Phi) is 2.44. The van der Waals surface area contributed by atoms with Crippen molar-refractivity contribution in [2.24, 2.45) is 0 Å². The minimum absolute atomic E-state index is 0.126. The largest absolute Gasteiger partial charge is 0.465 e. The average molecular weight is 216 g/mol. The highest BCUT2D eigenvalue weighted by Crippen LogP contribution is 2.11. The van der Waals surface area contributed by atoms with Crippen molar-refractivity contribution in [3.63, 3.8) is 0 Å². The molecule has 1 amide bonds. The summed E-state index contributed by atoms with van der Waals surface area (Å²) in [5.74, 6) is 0. The highest BCUT2D eigenvalue weighted by atomic mass is 16.4. The molecule has 0 unspecified atom stereocenters. The van der Waals surface area contributed by atoms with Gasteiger partial charge in [-0.25, -0.2) is 9.78 Å². The first-order valence-corrected chi connectivity index (χ1v) is 4.53. The van der Waals surface area contributed by atoms with Crippen LogP contribution in [0.15, 0.2) is 24.7 Å². The average Bonchev–Trinajstić information content (AvgIpc) is 2.68. The fourth-order valence-electron chi connectivity index (χ4n) is 1.41. The molecule has 0 saturated heterocycles. The second-order valence-electron chi connectivity index (χ2n) is 3.17. The molecular weight excluding hydrogens is 208 g/mol. The summed E-state index contributed by atoms with van der Waals surface area (Å²) >= 11 is 0. The summed E-state index contributed by atoms with van der Waals surface area (Å²) < 4.78 is 1.74. The van der Waals surface area contributed by atoms with E-state index in [0.29, 0.717) is 11.3 Å². The quantitative estimate of drug-likeness (QED) is 0.782. The Hall–Kier alpha value is -2.55. The number of nitrogens with zero attached hydrogens (tertiary/aromatic N) is 3. The van der Waals surface area contributed by atoms with Crippen LogP contribution in [0.3, 0.4) is 0 Å². The molecule has 0 aliphatic carbocycles. The van der Waals surface area contributed by atoms with Crippen LogP contribution in [0.2, 0.25) is 0 Å². The van der Waals surface area contributed by atoms with E-state index in [-0.39, 0.29) is 6.54 Å². The molecule has 0 bridgehead atoms. The summed E-state index contributed by atoms with van der Waals surface area (Å²) in [5.41, 5.74) is 1.84. The summed E-state index contributed by atoms with van der Waals surface area (Å²) in [4.78, 5) is 14.4. The highest BCUT2D eigenvalue weighted by molar-refractivity contribution is 5.65. The number of fused-ring (bicyclic) bond motifs is 1. The van der Waals surface area contributed by atoms with E-state index < -0.39 is 6.09 Å². The van der Waals surface area contributed by atoms with E-state index in [0.717, 1.165) is 5.52 Å². The molecule has 2 rings (SSSR count). The Morgan fingerprint density at radius 1 is 1.69 bits per heavy atom. The van der Waals surface area contributed by atoms with Gasteiger partial charge >= 0.3 is 6.09 Å². The fraction of sp³-hybridized carbons (Fsp3) is 0.100. The molecule has 6 heteroatoms. The third-order valence-corrected chi connectivity index (χ3v) is 2.15. The number of rotatable bonds is 2. The van der Waals surface area contributed by atoms with Gasteiger partial charge in [-0.2, -0.15) is 5.26 Å². The number of carboxylic acid groups (broad SMARTS) is 1. The monoisotopic (exact) mass is 216 g/mol. The van der Waals surface area contributed by atoms with Gasteiger partial charge in [-0.05, 0) is 12.1 Å². The molecule has 0 aliphatic rings. The molecular formula is C10H8N4O2. The smallest absolute Gasteiger partial charge is 0.404 e. The summed E-state index contributed by atoms with van der Waals surface area (Å²) in [6.07, 6.45) is 2.19. The molecule has 2 aromatic heterocycles. The number of carbonyl (C=O) groups is 1. The van der Waals surface area contributed by atoms with Crippen molar-refractivity contribution in [3.8, 4) is 6.07 Å². The van der Waals surface area contributed by atoms with Crippen LogP contribution in [0.4, 0.5) is 4.79 Å². The summed E-state index contributed by atoms with van der Waals surface area (Å²) in [5, 5.41) is 19.5. The van der Waals surface area contributed by atoms with Crippen LogP contribution in [-0.4, -0.2) is 20.6 Å². The lowest BCUT2D eigenvalue weighted by atomic mass is 10.2. The van der Waals surface area contributed by atoms with E-state index in [9.17, 15) is 4.79 Å². The second kappa shape index (κ2) is 3.90. The zero-order valence-corrected chi connectivity index (χ0v) is 8.21. The number of aromatic nitrogens is 2. The van der Waals surface area contributed by atoms with Gasteiger partial charge in [0.15, 0.2) is 0 Å². The molecule has 0 fully saturated rings. The van der Waals surface area contributed by atoms with Crippen LogP contribution < -0.4 is 5.32 Å². The van der Waals surface area contributed by atoms with Crippen molar-refractivity contribution in [2.45, 2.75) is 6.54 Å². The Morgan fingerprint density at radius 2 is 2.50 bits per heavy atom. The second-order valence-corrected chi connectivity index (χ2v) is 3.17. The maximum atomic E-state index is 10.4. The van der Waals surface area contributed by atoms with E-state index in [2.05, 4.69) is 10.3 Å². The highest BCUT2D eigenvalue weighted by Gasteiger charge is 2.06. The third-order valence-electron chi connectivity index (χ3n) is 2.15.